The molecule has 0 saturated heterocycles. The minimum Gasteiger partial charge on any atom is -0.466 e. The van der Waals surface area contributed by atoms with Crippen LogP contribution in [0.2, 0.25) is 0 Å². The molecule has 0 saturated carbocycles. The molecule has 0 fully saturated rings. The molecule has 76 valence electrons. The smallest absolute Gasteiger partial charge is 0.313 e. The fourth-order valence-electron chi connectivity index (χ4n) is 0.978. The summed E-state index contributed by atoms with van der Waals surface area (Å²) >= 11 is 0. The fraction of sp³-hybridized carbons (Fsp3) is 0.800. The highest BCUT2D eigenvalue weighted by Crippen LogP contribution is 2.08. The van der Waals surface area contributed by atoms with E-state index in [1.165, 1.54) is 0 Å². The average Bonchev–Trinajstić information content (AvgIpc) is 2.04. The highest BCUT2D eigenvalue weighted by Gasteiger charge is 2.12. The molecule has 13 heavy (non-hydrogen) atoms. The van der Waals surface area contributed by atoms with Crippen LogP contribution in [0.3, 0.4) is 0 Å². The summed E-state index contributed by atoms with van der Waals surface area (Å²) in [6, 6.07) is 0. The van der Waals surface area contributed by atoms with Crippen LogP contribution in [-0.4, -0.2) is 18.4 Å². The lowest BCUT2D eigenvalue weighted by Gasteiger charge is -2.06. The Balaban J connectivity index is 3.67. The summed E-state index contributed by atoms with van der Waals surface area (Å²) in [6.45, 7) is 6.11. The summed E-state index contributed by atoms with van der Waals surface area (Å²) in [6.07, 6.45) is 1.38. The quantitative estimate of drug-likeness (QED) is 0.470. The Bertz CT molecular complexity index is 175. The first-order chi connectivity index (χ1) is 6.10. The Morgan fingerprint density at radius 2 is 1.92 bits per heavy atom. The van der Waals surface area contributed by atoms with Gasteiger partial charge in [-0.2, -0.15) is 0 Å². The monoisotopic (exact) mass is 186 g/mol. The number of Topliss-reactive ketones (excluding diaryl/α,β-unsaturated/α-hetero) is 1. The maximum Gasteiger partial charge on any atom is 0.313 e. The molecule has 0 amide bonds. The maximum absolute atomic E-state index is 11.2. The summed E-state index contributed by atoms with van der Waals surface area (Å²) in [7, 11) is 0. The molecule has 0 aliphatic heterocycles. The van der Waals surface area contributed by atoms with Gasteiger partial charge in [-0.1, -0.05) is 20.3 Å². The van der Waals surface area contributed by atoms with Crippen LogP contribution in [-0.2, 0) is 14.3 Å². The van der Waals surface area contributed by atoms with Gasteiger partial charge in [0.25, 0.3) is 0 Å². The third kappa shape index (κ3) is 6.31. The standard InChI is InChI=1S/C10H18O3/c1-4-8(3)6-9(11)7-10(12)13-5-2/h8H,4-7H2,1-3H3/t8-/m1/s1. The largest absolute Gasteiger partial charge is 0.466 e. The molecule has 0 bridgehead atoms. The summed E-state index contributed by atoms with van der Waals surface area (Å²) in [4.78, 5) is 22.1. The number of hydrogen-bond donors (Lipinski definition) is 0. The van der Waals surface area contributed by atoms with Crippen molar-refractivity contribution in [2.24, 2.45) is 5.92 Å². The topological polar surface area (TPSA) is 43.4 Å². The van der Waals surface area contributed by atoms with Crippen LogP contribution in [0.25, 0.3) is 0 Å². The number of rotatable bonds is 6. The normalized spacial score (nSPS) is 12.2. The van der Waals surface area contributed by atoms with Crippen molar-refractivity contribution in [2.75, 3.05) is 6.61 Å². The molecule has 3 heteroatoms. The minimum atomic E-state index is -0.407. The summed E-state index contributed by atoms with van der Waals surface area (Å²) in [5, 5.41) is 0. The third-order valence-electron chi connectivity index (χ3n) is 1.92. The molecular weight excluding hydrogens is 168 g/mol. The first-order valence-electron chi connectivity index (χ1n) is 4.77. The van der Waals surface area contributed by atoms with Crippen LogP contribution < -0.4 is 0 Å². The number of carbonyl (C=O) groups is 2. The predicted octanol–water partition coefficient (Wildman–Crippen LogP) is 1.94. The first kappa shape index (κ1) is 12.1. The van der Waals surface area contributed by atoms with E-state index in [1.807, 2.05) is 13.8 Å². The van der Waals surface area contributed by atoms with Gasteiger partial charge in [-0.25, -0.2) is 0 Å². The van der Waals surface area contributed by atoms with Crippen LogP contribution in [0.4, 0.5) is 0 Å². The molecule has 0 spiro atoms. The van der Waals surface area contributed by atoms with Gasteiger partial charge in [-0.15, -0.1) is 0 Å². The second kappa shape index (κ2) is 6.63. The van der Waals surface area contributed by atoms with Gasteiger partial charge in [0.05, 0.1) is 6.61 Å². The van der Waals surface area contributed by atoms with E-state index in [2.05, 4.69) is 4.74 Å². The summed E-state index contributed by atoms with van der Waals surface area (Å²) in [5.41, 5.74) is 0. The SMILES string of the molecule is CCOC(=O)CC(=O)C[C@H](C)CC. The highest BCUT2D eigenvalue weighted by atomic mass is 16.5. The Kier molecular flexibility index (Phi) is 6.20. The molecule has 0 aromatic heterocycles. The van der Waals surface area contributed by atoms with Crippen molar-refractivity contribution in [3.63, 3.8) is 0 Å². The third-order valence-corrected chi connectivity index (χ3v) is 1.92. The lowest BCUT2D eigenvalue weighted by Crippen LogP contribution is -2.13. The maximum atomic E-state index is 11.2. The fourth-order valence-corrected chi connectivity index (χ4v) is 0.978. The van der Waals surface area contributed by atoms with Crippen molar-refractivity contribution in [1.29, 1.82) is 0 Å². The van der Waals surface area contributed by atoms with Crippen molar-refractivity contribution >= 4 is 11.8 Å². The van der Waals surface area contributed by atoms with Crippen LogP contribution in [0.1, 0.15) is 40.0 Å². The minimum absolute atomic E-state index is 0.0206. The molecule has 0 aromatic carbocycles. The van der Waals surface area contributed by atoms with Crippen LogP contribution in [0.5, 0.6) is 0 Å². The molecule has 0 rings (SSSR count). The molecule has 0 aliphatic rings. The number of ketones is 1. The van der Waals surface area contributed by atoms with Crippen molar-refractivity contribution in [3.05, 3.63) is 0 Å². The zero-order valence-corrected chi connectivity index (χ0v) is 8.63. The number of carbonyl (C=O) groups excluding carboxylic acids is 2. The highest BCUT2D eigenvalue weighted by molar-refractivity contribution is 5.95. The number of esters is 1. The lowest BCUT2D eigenvalue weighted by atomic mass is 10.0. The second-order valence-electron chi connectivity index (χ2n) is 3.24. The number of hydrogen-bond acceptors (Lipinski definition) is 3. The Morgan fingerprint density at radius 3 is 2.38 bits per heavy atom. The van der Waals surface area contributed by atoms with E-state index >= 15 is 0 Å². The first-order valence-corrected chi connectivity index (χ1v) is 4.77. The molecule has 1 atom stereocenters. The second-order valence-corrected chi connectivity index (χ2v) is 3.24. The van der Waals surface area contributed by atoms with Gasteiger partial charge in [0.2, 0.25) is 0 Å². The van der Waals surface area contributed by atoms with Crippen molar-refractivity contribution in [1.82, 2.24) is 0 Å². The van der Waals surface area contributed by atoms with E-state index in [1.54, 1.807) is 6.92 Å². The van der Waals surface area contributed by atoms with Gasteiger partial charge < -0.3 is 4.74 Å². The molecule has 0 radical (unpaired) electrons. The molecule has 0 aliphatic carbocycles. The zero-order chi connectivity index (χ0) is 10.3. The van der Waals surface area contributed by atoms with Gasteiger partial charge in [-0.3, -0.25) is 9.59 Å². The lowest BCUT2D eigenvalue weighted by molar-refractivity contribution is -0.145. The Labute approximate surface area is 79.5 Å². The van der Waals surface area contributed by atoms with Crippen LogP contribution >= 0.6 is 0 Å². The summed E-state index contributed by atoms with van der Waals surface area (Å²) in [5.74, 6) is -0.0643. The number of ether oxygens (including phenoxy) is 1. The summed E-state index contributed by atoms with van der Waals surface area (Å²) < 4.78 is 4.67. The van der Waals surface area contributed by atoms with Gasteiger partial charge >= 0.3 is 5.97 Å². The van der Waals surface area contributed by atoms with E-state index < -0.39 is 5.97 Å². The Hall–Kier alpha value is -0.860. The Morgan fingerprint density at radius 1 is 1.31 bits per heavy atom. The van der Waals surface area contributed by atoms with Crippen LogP contribution in [0.15, 0.2) is 0 Å². The van der Waals surface area contributed by atoms with E-state index in [0.29, 0.717) is 18.9 Å². The van der Waals surface area contributed by atoms with Gasteiger partial charge in [0.1, 0.15) is 12.2 Å². The van der Waals surface area contributed by atoms with Gasteiger partial charge in [0, 0.05) is 6.42 Å². The van der Waals surface area contributed by atoms with Crippen molar-refractivity contribution < 1.29 is 14.3 Å². The molecule has 0 aromatic rings. The van der Waals surface area contributed by atoms with Gasteiger partial charge in [0.15, 0.2) is 0 Å². The van der Waals surface area contributed by atoms with E-state index in [4.69, 9.17) is 0 Å². The zero-order valence-electron chi connectivity index (χ0n) is 8.63. The van der Waals surface area contributed by atoms with E-state index in [9.17, 15) is 9.59 Å². The van der Waals surface area contributed by atoms with Crippen LogP contribution in [0, 0.1) is 5.92 Å². The van der Waals surface area contributed by atoms with E-state index in [0.717, 1.165) is 6.42 Å². The van der Waals surface area contributed by atoms with Crippen molar-refractivity contribution in [3.8, 4) is 0 Å². The van der Waals surface area contributed by atoms with E-state index in [-0.39, 0.29) is 12.2 Å². The van der Waals surface area contributed by atoms with Gasteiger partial charge in [-0.05, 0) is 12.8 Å². The molecular formula is C10H18O3. The molecule has 0 unspecified atom stereocenters. The predicted molar refractivity (Wildman–Crippen MR) is 50.3 cm³/mol. The molecule has 3 nitrogen and oxygen atoms in total. The molecule has 0 N–H and O–H groups in total. The average molecular weight is 186 g/mol. The van der Waals surface area contributed by atoms with Crippen molar-refractivity contribution in [2.45, 2.75) is 40.0 Å². The molecule has 0 heterocycles.